The first-order valence-electron chi connectivity index (χ1n) is 9.07. The molecule has 0 aromatic heterocycles. The second-order valence-corrected chi connectivity index (χ2v) is 6.99. The van der Waals surface area contributed by atoms with Crippen molar-refractivity contribution in [1.29, 1.82) is 0 Å². The topological polar surface area (TPSA) is 52.0 Å². The molecule has 2 fully saturated rings. The summed E-state index contributed by atoms with van der Waals surface area (Å²) in [5.41, 5.74) is 0.679. The molecule has 132 valence electrons. The highest BCUT2D eigenvalue weighted by Gasteiger charge is 2.37. The standard InChI is InChI=1S/C19H28N2O3/c1-23-15-9-10-18(24-2)16(12-15)20-19(22)13-21-11-5-7-14-6-3-4-8-17(14)21/h9-10,12,14,17H,3-8,11,13H2,1-2H3,(H,20,22)/p+1/t14-,17+/m1/s1. The van der Waals surface area contributed by atoms with Crippen LogP contribution in [0.3, 0.4) is 0 Å². The molecule has 0 bridgehead atoms. The van der Waals surface area contributed by atoms with Gasteiger partial charge in [-0.3, -0.25) is 4.79 Å². The lowest BCUT2D eigenvalue weighted by Crippen LogP contribution is -3.18. The van der Waals surface area contributed by atoms with Gasteiger partial charge in [-0.25, -0.2) is 0 Å². The predicted molar refractivity (Wildman–Crippen MR) is 93.9 cm³/mol. The molecule has 1 saturated carbocycles. The number of carbonyl (C=O) groups is 1. The summed E-state index contributed by atoms with van der Waals surface area (Å²) in [6.45, 7) is 1.66. The van der Waals surface area contributed by atoms with E-state index in [0.29, 0.717) is 29.8 Å². The number of anilines is 1. The van der Waals surface area contributed by atoms with E-state index < -0.39 is 0 Å². The summed E-state index contributed by atoms with van der Waals surface area (Å²) < 4.78 is 10.6. The highest BCUT2D eigenvalue weighted by Crippen LogP contribution is 2.29. The van der Waals surface area contributed by atoms with Gasteiger partial charge in [0.15, 0.2) is 6.54 Å². The fourth-order valence-electron chi connectivity index (χ4n) is 4.40. The van der Waals surface area contributed by atoms with Crippen molar-refractivity contribution in [3.05, 3.63) is 18.2 Å². The third kappa shape index (κ3) is 3.83. The third-order valence-corrected chi connectivity index (χ3v) is 5.57. The van der Waals surface area contributed by atoms with E-state index in [9.17, 15) is 4.79 Å². The summed E-state index contributed by atoms with van der Waals surface area (Å²) in [6.07, 6.45) is 7.89. The first-order valence-corrected chi connectivity index (χ1v) is 9.07. The van der Waals surface area contributed by atoms with Gasteiger partial charge in [0.05, 0.1) is 32.5 Å². The summed E-state index contributed by atoms with van der Waals surface area (Å²) in [7, 11) is 3.23. The molecule has 3 atom stereocenters. The fraction of sp³-hybridized carbons (Fsp3) is 0.632. The number of quaternary nitrogens is 1. The molecule has 5 heteroatoms. The average Bonchev–Trinajstić information content (AvgIpc) is 2.62. The van der Waals surface area contributed by atoms with E-state index in [1.807, 2.05) is 18.2 Å². The smallest absolute Gasteiger partial charge is 0.279 e. The van der Waals surface area contributed by atoms with E-state index in [0.717, 1.165) is 12.5 Å². The summed E-state index contributed by atoms with van der Waals surface area (Å²) in [6, 6.07) is 6.13. The van der Waals surface area contributed by atoms with Crippen molar-refractivity contribution >= 4 is 11.6 Å². The van der Waals surface area contributed by atoms with Crippen LogP contribution in [0.15, 0.2) is 18.2 Å². The van der Waals surface area contributed by atoms with Crippen LogP contribution in [0.4, 0.5) is 5.69 Å². The van der Waals surface area contributed by atoms with Crippen LogP contribution in [0.1, 0.15) is 38.5 Å². The molecular formula is C19H29N2O3+. The number of benzene rings is 1. The number of carbonyl (C=O) groups excluding carboxylic acids is 1. The monoisotopic (exact) mass is 333 g/mol. The predicted octanol–water partition coefficient (Wildman–Crippen LogP) is 1.88. The van der Waals surface area contributed by atoms with E-state index in [1.165, 1.54) is 43.4 Å². The van der Waals surface area contributed by atoms with Crippen LogP contribution in [0.25, 0.3) is 0 Å². The first-order chi connectivity index (χ1) is 11.7. The van der Waals surface area contributed by atoms with Gasteiger partial charge in [0.1, 0.15) is 11.5 Å². The van der Waals surface area contributed by atoms with E-state index in [4.69, 9.17) is 9.47 Å². The molecule has 24 heavy (non-hydrogen) atoms. The number of hydrogen-bond donors (Lipinski definition) is 2. The molecule has 0 radical (unpaired) electrons. The number of amides is 1. The number of methoxy groups -OCH3 is 2. The fourth-order valence-corrected chi connectivity index (χ4v) is 4.40. The number of fused-ring (bicyclic) bond motifs is 1. The lowest BCUT2D eigenvalue weighted by molar-refractivity contribution is -0.928. The van der Waals surface area contributed by atoms with Gasteiger partial charge in [-0.1, -0.05) is 6.42 Å². The summed E-state index contributed by atoms with van der Waals surface area (Å²) in [5, 5.41) is 3.01. The SMILES string of the molecule is COc1ccc(OC)c(NC(=O)C[NH+]2CCC[C@H]3CCCC[C@@H]32)c1. The Morgan fingerprint density at radius 2 is 1.96 bits per heavy atom. The van der Waals surface area contributed by atoms with Crippen LogP contribution >= 0.6 is 0 Å². The van der Waals surface area contributed by atoms with Crippen LogP contribution in [0, 0.1) is 5.92 Å². The van der Waals surface area contributed by atoms with E-state index >= 15 is 0 Å². The molecule has 0 spiro atoms. The van der Waals surface area contributed by atoms with Crippen LogP contribution < -0.4 is 19.7 Å². The van der Waals surface area contributed by atoms with Crippen LogP contribution in [0.2, 0.25) is 0 Å². The van der Waals surface area contributed by atoms with E-state index in [1.54, 1.807) is 14.2 Å². The van der Waals surface area contributed by atoms with Crippen molar-refractivity contribution in [2.45, 2.75) is 44.6 Å². The number of ether oxygens (including phenoxy) is 2. The molecule has 5 nitrogen and oxygen atoms in total. The second kappa shape index (κ2) is 7.88. The van der Waals surface area contributed by atoms with Gasteiger partial charge in [-0.2, -0.15) is 0 Å². The highest BCUT2D eigenvalue weighted by atomic mass is 16.5. The quantitative estimate of drug-likeness (QED) is 0.865. The van der Waals surface area contributed by atoms with Gasteiger partial charge in [0.25, 0.3) is 5.91 Å². The van der Waals surface area contributed by atoms with Crippen molar-refractivity contribution < 1.29 is 19.2 Å². The zero-order valence-corrected chi connectivity index (χ0v) is 14.8. The highest BCUT2D eigenvalue weighted by molar-refractivity contribution is 5.93. The summed E-state index contributed by atoms with van der Waals surface area (Å²) in [5.74, 6) is 2.25. The Hall–Kier alpha value is -1.75. The Balaban J connectivity index is 1.65. The second-order valence-electron chi connectivity index (χ2n) is 6.99. The Labute approximate surface area is 144 Å². The zero-order valence-electron chi connectivity index (χ0n) is 14.8. The van der Waals surface area contributed by atoms with Crippen molar-refractivity contribution in [2.75, 3.05) is 32.6 Å². The van der Waals surface area contributed by atoms with Gasteiger partial charge in [0.2, 0.25) is 0 Å². The number of hydrogen-bond acceptors (Lipinski definition) is 3. The van der Waals surface area contributed by atoms with Gasteiger partial charge >= 0.3 is 0 Å². The van der Waals surface area contributed by atoms with Crippen LogP contribution in [-0.4, -0.2) is 39.3 Å². The van der Waals surface area contributed by atoms with Crippen molar-refractivity contribution in [3.63, 3.8) is 0 Å². The number of likely N-dealkylation sites (tertiary alicyclic amines) is 1. The Bertz CT molecular complexity index is 574. The lowest BCUT2D eigenvalue weighted by Gasteiger charge is -2.40. The normalized spacial score (nSPS) is 26.3. The molecule has 2 aliphatic rings. The molecule has 1 aromatic rings. The summed E-state index contributed by atoms with van der Waals surface area (Å²) >= 11 is 0. The molecule has 1 amide bonds. The van der Waals surface area contributed by atoms with Gasteiger partial charge in [0, 0.05) is 12.0 Å². The minimum absolute atomic E-state index is 0.0581. The Kier molecular flexibility index (Phi) is 5.61. The molecule has 1 aliphatic heterocycles. The van der Waals surface area contributed by atoms with Crippen molar-refractivity contribution in [2.24, 2.45) is 5.92 Å². The Morgan fingerprint density at radius 1 is 1.17 bits per heavy atom. The number of rotatable bonds is 5. The molecule has 1 heterocycles. The lowest BCUT2D eigenvalue weighted by atomic mass is 9.78. The average molecular weight is 333 g/mol. The molecule has 1 aromatic carbocycles. The van der Waals surface area contributed by atoms with E-state index in [2.05, 4.69) is 5.32 Å². The van der Waals surface area contributed by atoms with Crippen molar-refractivity contribution in [3.8, 4) is 11.5 Å². The maximum atomic E-state index is 12.6. The molecule has 3 rings (SSSR count). The molecule has 1 saturated heterocycles. The third-order valence-electron chi connectivity index (χ3n) is 5.57. The molecule has 2 N–H and O–H groups in total. The Morgan fingerprint density at radius 3 is 2.75 bits per heavy atom. The first kappa shape index (κ1) is 17.1. The van der Waals surface area contributed by atoms with Crippen molar-refractivity contribution in [1.82, 2.24) is 0 Å². The van der Waals surface area contributed by atoms with Gasteiger partial charge in [-0.15, -0.1) is 0 Å². The molecular weight excluding hydrogens is 304 g/mol. The zero-order chi connectivity index (χ0) is 16.9. The van der Waals surface area contributed by atoms with E-state index in [-0.39, 0.29) is 5.91 Å². The minimum atomic E-state index is 0.0581. The number of piperidine rings is 1. The van der Waals surface area contributed by atoms with Gasteiger partial charge < -0.3 is 19.7 Å². The molecule has 1 unspecified atom stereocenters. The largest absolute Gasteiger partial charge is 0.497 e. The van der Waals surface area contributed by atoms with Crippen LogP contribution in [-0.2, 0) is 4.79 Å². The summed E-state index contributed by atoms with van der Waals surface area (Å²) in [4.78, 5) is 14.1. The van der Waals surface area contributed by atoms with Crippen LogP contribution in [0.5, 0.6) is 11.5 Å². The maximum Gasteiger partial charge on any atom is 0.279 e. The molecule has 1 aliphatic carbocycles. The maximum absolute atomic E-state index is 12.6. The number of nitrogens with one attached hydrogen (secondary N) is 2. The minimum Gasteiger partial charge on any atom is -0.497 e. The van der Waals surface area contributed by atoms with Gasteiger partial charge in [-0.05, 0) is 44.2 Å².